The topological polar surface area (TPSA) is 49.4 Å². The van der Waals surface area contributed by atoms with Gasteiger partial charge in [-0.25, -0.2) is 13.1 Å². The maximum Gasteiger partial charge on any atom is 0.240 e. The van der Waals surface area contributed by atoms with Crippen LogP contribution in [0.1, 0.15) is 50.2 Å². The average Bonchev–Trinajstić information content (AvgIpc) is 3.09. The van der Waals surface area contributed by atoms with Crippen molar-refractivity contribution in [1.29, 1.82) is 0 Å². The van der Waals surface area contributed by atoms with Crippen molar-refractivity contribution in [3.63, 3.8) is 0 Å². The first kappa shape index (κ1) is 20.4. The Labute approximate surface area is 167 Å². The van der Waals surface area contributed by atoms with Crippen LogP contribution in [-0.4, -0.2) is 38.5 Å². The molecular weight excluding hydrogens is 391 g/mol. The van der Waals surface area contributed by atoms with E-state index in [-0.39, 0.29) is 16.8 Å². The predicted molar refractivity (Wildman–Crippen MR) is 107 cm³/mol. The van der Waals surface area contributed by atoms with E-state index >= 15 is 0 Å². The summed E-state index contributed by atoms with van der Waals surface area (Å²) in [6, 6.07) is 5.54. The fourth-order valence-corrected chi connectivity index (χ4v) is 5.94. The zero-order valence-electron chi connectivity index (χ0n) is 15.3. The Bertz CT molecular complexity index is 718. The number of piperidine rings is 1. The highest BCUT2D eigenvalue weighted by Crippen LogP contribution is 2.29. The molecule has 146 valence electrons. The van der Waals surface area contributed by atoms with Crippen molar-refractivity contribution >= 4 is 33.2 Å². The molecule has 0 radical (unpaired) electrons. The number of nitrogens with zero attached hydrogens (tertiary/aromatic N) is 1. The molecule has 1 heterocycles. The second-order valence-electron chi connectivity index (χ2n) is 7.70. The number of hydrogen-bond acceptors (Lipinski definition) is 3. The van der Waals surface area contributed by atoms with Crippen LogP contribution < -0.4 is 4.72 Å². The average molecular weight is 419 g/mol. The molecule has 0 bridgehead atoms. The van der Waals surface area contributed by atoms with Crippen LogP contribution in [0.3, 0.4) is 0 Å². The lowest BCUT2D eigenvalue weighted by atomic mass is 9.97. The quantitative estimate of drug-likeness (QED) is 0.707. The van der Waals surface area contributed by atoms with Gasteiger partial charge in [0.1, 0.15) is 0 Å². The van der Waals surface area contributed by atoms with Crippen molar-refractivity contribution in [2.24, 2.45) is 5.92 Å². The van der Waals surface area contributed by atoms with Crippen molar-refractivity contribution in [3.8, 4) is 0 Å². The van der Waals surface area contributed by atoms with E-state index in [2.05, 4.69) is 16.5 Å². The Morgan fingerprint density at radius 2 is 1.77 bits per heavy atom. The van der Waals surface area contributed by atoms with E-state index in [1.165, 1.54) is 12.8 Å². The van der Waals surface area contributed by atoms with E-state index < -0.39 is 10.0 Å². The molecule has 2 fully saturated rings. The summed E-state index contributed by atoms with van der Waals surface area (Å²) >= 11 is 11.8. The lowest BCUT2D eigenvalue weighted by molar-refractivity contribution is 0.139. The molecule has 1 aromatic rings. The van der Waals surface area contributed by atoms with Crippen LogP contribution in [0.4, 0.5) is 0 Å². The zero-order chi connectivity index (χ0) is 18.7. The number of sulfonamides is 1. The van der Waals surface area contributed by atoms with E-state index in [9.17, 15) is 8.42 Å². The van der Waals surface area contributed by atoms with Gasteiger partial charge in [0, 0.05) is 23.8 Å². The minimum Gasteiger partial charge on any atom is -0.300 e. The van der Waals surface area contributed by atoms with Crippen molar-refractivity contribution < 1.29 is 8.42 Å². The Hall–Kier alpha value is -0.330. The summed E-state index contributed by atoms with van der Waals surface area (Å²) < 4.78 is 28.5. The van der Waals surface area contributed by atoms with Crippen LogP contribution in [0.15, 0.2) is 23.1 Å². The van der Waals surface area contributed by atoms with Crippen LogP contribution in [-0.2, 0) is 21.8 Å². The summed E-state index contributed by atoms with van der Waals surface area (Å²) in [5.41, 5.74) is 1.65. The van der Waals surface area contributed by atoms with Crippen LogP contribution in [0.25, 0.3) is 0 Å². The van der Waals surface area contributed by atoms with Gasteiger partial charge in [0.2, 0.25) is 10.0 Å². The third-order valence-corrected chi connectivity index (χ3v) is 7.93. The largest absolute Gasteiger partial charge is 0.300 e. The lowest BCUT2D eigenvalue weighted by Gasteiger charge is -2.35. The molecule has 0 amide bonds. The third-order valence-electron chi connectivity index (χ3n) is 5.84. The Balaban J connectivity index is 1.63. The highest BCUT2D eigenvalue weighted by Gasteiger charge is 2.33. The minimum atomic E-state index is -3.53. The summed E-state index contributed by atoms with van der Waals surface area (Å²) in [7, 11) is -3.53. The Morgan fingerprint density at radius 3 is 2.42 bits per heavy atom. The molecule has 3 rings (SSSR count). The first-order valence-electron chi connectivity index (χ1n) is 9.43. The molecule has 26 heavy (non-hydrogen) atoms. The number of likely N-dealkylation sites (tertiary alicyclic amines) is 1. The van der Waals surface area contributed by atoms with Gasteiger partial charge in [0.25, 0.3) is 0 Å². The zero-order valence-corrected chi connectivity index (χ0v) is 17.6. The number of benzene rings is 1. The third kappa shape index (κ3) is 4.74. The van der Waals surface area contributed by atoms with Gasteiger partial charge in [-0.3, -0.25) is 0 Å². The molecule has 4 nitrogen and oxygen atoms in total. The van der Waals surface area contributed by atoms with Crippen molar-refractivity contribution in [2.75, 3.05) is 13.1 Å². The maximum atomic E-state index is 12.8. The molecule has 2 aliphatic rings. The van der Waals surface area contributed by atoms with Crippen molar-refractivity contribution in [3.05, 3.63) is 29.3 Å². The first-order chi connectivity index (χ1) is 12.4. The lowest BCUT2D eigenvalue weighted by Crippen LogP contribution is -2.41. The molecule has 2 atom stereocenters. The summed E-state index contributed by atoms with van der Waals surface area (Å²) in [6.45, 7) is 4.60. The predicted octanol–water partition coefficient (Wildman–Crippen LogP) is 4.10. The van der Waals surface area contributed by atoms with Gasteiger partial charge in [-0.2, -0.15) is 0 Å². The van der Waals surface area contributed by atoms with Crippen LogP contribution in [0.2, 0.25) is 0 Å². The second kappa shape index (κ2) is 8.78. The Kier molecular flexibility index (Phi) is 6.89. The minimum absolute atomic E-state index is 0.0107. The number of halogens is 2. The van der Waals surface area contributed by atoms with Crippen LogP contribution in [0, 0.1) is 5.92 Å². The normalized spacial score (nSPS) is 25.7. The van der Waals surface area contributed by atoms with Gasteiger partial charge in [-0.15, -0.1) is 23.2 Å². The van der Waals surface area contributed by atoms with E-state index in [4.69, 9.17) is 23.2 Å². The number of alkyl halides is 2. The van der Waals surface area contributed by atoms with Gasteiger partial charge in [-0.1, -0.05) is 13.0 Å². The molecule has 1 saturated heterocycles. The highest BCUT2D eigenvalue weighted by molar-refractivity contribution is 7.89. The molecular formula is C19H28Cl2N2O2S. The van der Waals surface area contributed by atoms with E-state index in [1.54, 1.807) is 18.2 Å². The summed E-state index contributed by atoms with van der Waals surface area (Å²) in [4.78, 5) is 2.83. The number of rotatable bonds is 6. The monoisotopic (exact) mass is 418 g/mol. The molecule has 0 aromatic heterocycles. The molecule has 1 aliphatic heterocycles. The molecule has 0 spiro atoms. The molecule has 1 saturated carbocycles. The molecule has 1 aliphatic carbocycles. The maximum absolute atomic E-state index is 12.8. The molecule has 7 heteroatoms. The highest BCUT2D eigenvalue weighted by atomic mass is 35.5. The fourth-order valence-electron chi connectivity index (χ4n) is 4.10. The second-order valence-corrected chi connectivity index (χ2v) is 9.95. The standard InChI is InChI=1S/C19H28Cl2N2O2S/c1-14-6-8-23(9-7-14)18-4-3-17(11-18)22-26(24,25)19-5-2-15(12-20)16(10-19)13-21/h2,5,10,14,17-18,22H,3-4,6-9,11-13H2,1H3. The van der Waals surface area contributed by atoms with Gasteiger partial charge in [-0.05, 0) is 74.4 Å². The van der Waals surface area contributed by atoms with Crippen molar-refractivity contribution in [1.82, 2.24) is 9.62 Å². The first-order valence-corrected chi connectivity index (χ1v) is 12.0. The van der Waals surface area contributed by atoms with Gasteiger partial charge >= 0.3 is 0 Å². The smallest absolute Gasteiger partial charge is 0.240 e. The van der Waals surface area contributed by atoms with E-state index in [1.807, 2.05) is 0 Å². The Morgan fingerprint density at radius 1 is 1.08 bits per heavy atom. The van der Waals surface area contributed by atoms with Crippen LogP contribution in [0.5, 0.6) is 0 Å². The summed E-state index contributed by atoms with van der Waals surface area (Å²) in [6.07, 6.45) is 5.37. The summed E-state index contributed by atoms with van der Waals surface area (Å²) in [5, 5.41) is 0. The van der Waals surface area contributed by atoms with Gasteiger partial charge in [0.15, 0.2) is 0 Å². The van der Waals surface area contributed by atoms with Gasteiger partial charge in [0.05, 0.1) is 4.90 Å². The summed E-state index contributed by atoms with van der Waals surface area (Å²) in [5.74, 6) is 1.40. The fraction of sp³-hybridized carbons (Fsp3) is 0.684. The van der Waals surface area contributed by atoms with Crippen molar-refractivity contribution in [2.45, 2.75) is 67.8 Å². The number of nitrogens with one attached hydrogen (secondary N) is 1. The molecule has 2 unspecified atom stereocenters. The molecule has 1 aromatic carbocycles. The SMILES string of the molecule is CC1CCN(C2CCC(NS(=O)(=O)c3ccc(CCl)c(CCl)c3)C2)CC1. The van der Waals surface area contributed by atoms with Crippen LogP contribution >= 0.6 is 23.2 Å². The van der Waals surface area contributed by atoms with E-state index in [0.29, 0.717) is 11.9 Å². The van der Waals surface area contributed by atoms with E-state index in [0.717, 1.165) is 49.4 Å². The number of hydrogen-bond donors (Lipinski definition) is 1. The van der Waals surface area contributed by atoms with Gasteiger partial charge < -0.3 is 4.90 Å². The molecule has 1 N–H and O–H groups in total.